The van der Waals surface area contributed by atoms with Crippen LogP contribution in [0.25, 0.3) is 0 Å². The fraction of sp³-hybridized carbons (Fsp3) is 0.588. The van der Waals surface area contributed by atoms with Crippen LogP contribution >= 0.6 is 0 Å². The van der Waals surface area contributed by atoms with Crippen molar-refractivity contribution in [1.29, 1.82) is 0 Å². The first-order valence-corrected chi connectivity index (χ1v) is 8.18. The lowest BCUT2D eigenvalue weighted by atomic mass is 10.1. The van der Waals surface area contributed by atoms with Gasteiger partial charge in [-0.15, -0.1) is 0 Å². The summed E-state index contributed by atoms with van der Waals surface area (Å²) in [7, 11) is 1.73. The van der Waals surface area contributed by atoms with Crippen LogP contribution in [0.5, 0.6) is 0 Å². The molecular formula is C17H29N5O. The lowest BCUT2D eigenvalue weighted by Gasteiger charge is -2.12. The summed E-state index contributed by atoms with van der Waals surface area (Å²) in [4.78, 5) is 20.1. The summed E-state index contributed by atoms with van der Waals surface area (Å²) in [5.74, 6) is 1.96. The highest BCUT2D eigenvalue weighted by Gasteiger charge is 2.04. The van der Waals surface area contributed by atoms with Gasteiger partial charge in [-0.25, -0.2) is 4.98 Å². The van der Waals surface area contributed by atoms with Crippen LogP contribution in [0.4, 0.5) is 5.82 Å². The second-order valence-electron chi connectivity index (χ2n) is 5.98. The van der Waals surface area contributed by atoms with Gasteiger partial charge in [0, 0.05) is 32.8 Å². The predicted octanol–water partition coefficient (Wildman–Crippen LogP) is 2.32. The molecule has 0 aliphatic heterocycles. The summed E-state index contributed by atoms with van der Waals surface area (Å²) < 4.78 is 0. The Bertz CT molecular complexity index is 496. The van der Waals surface area contributed by atoms with Crippen molar-refractivity contribution in [2.45, 2.75) is 40.0 Å². The minimum atomic E-state index is -0.0656. The van der Waals surface area contributed by atoms with Crippen molar-refractivity contribution in [3.8, 4) is 0 Å². The van der Waals surface area contributed by atoms with E-state index in [1.807, 2.05) is 13.0 Å². The summed E-state index contributed by atoms with van der Waals surface area (Å²) in [5.41, 5.74) is 1.07. The number of carbonyl (C=O) groups is 1. The Labute approximate surface area is 139 Å². The number of amides is 1. The fourth-order valence-corrected chi connectivity index (χ4v) is 1.98. The van der Waals surface area contributed by atoms with E-state index < -0.39 is 0 Å². The smallest absolute Gasteiger partial charge is 0.227 e. The zero-order chi connectivity index (χ0) is 17.1. The van der Waals surface area contributed by atoms with E-state index in [1.165, 1.54) is 6.42 Å². The molecule has 0 bridgehead atoms. The fourth-order valence-electron chi connectivity index (χ4n) is 1.98. The molecule has 6 nitrogen and oxygen atoms in total. The monoisotopic (exact) mass is 319 g/mol. The van der Waals surface area contributed by atoms with Crippen molar-refractivity contribution in [2.24, 2.45) is 10.9 Å². The van der Waals surface area contributed by atoms with Crippen LogP contribution in [0.3, 0.4) is 0 Å². The van der Waals surface area contributed by atoms with Crippen molar-refractivity contribution >= 4 is 17.7 Å². The second-order valence-corrected chi connectivity index (χ2v) is 5.98. The molecule has 0 atom stereocenters. The van der Waals surface area contributed by atoms with Gasteiger partial charge in [-0.05, 0) is 37.3 Å². The zero-order valence-corrected chi connectivity index (χ0v) is 14.6. The van der Waals surface area contributed by atoms with E-state index in [9.17, 15) is 4.79 Å². The molecule has 1 rings (SSSR count). The number of aliphatic imine (C=N–C) groups is 1. The second kappa shape index (κ2) is 10.6. The van der Waals surface area contributed by atoms with E-state index in [0.717, 1.165) is 24.5 Å². The first kappa shape index (κ1) is 18.9. The number of rotatable bonds is 8. The molecule has 0 saturated heterocycles. The molecule has 0 aliphatic rings. The molecule has 1 aromatic rings. The highest BCUT2D eigenvalue weighted by Crippen LogP contribution is 2.04. The molecule has 0 aliphatic carbocycles. The van der Waals surface area contributed by atoms with E-state index in [0.29, 0.717) is 24.7 Å². The van der Waals surface area contributed by atoms with Crippen molar-refractivity contribution in [3.05, 3.63) is 23.9 Å². The molecule has 3 N–H and O–H groups in total. The molecule has 1 amide bonds. The quantitative estimate of drug-likeness (QED) is 0.390. The van der Waals surface area contributed by atoms with Gasteiger partial charge in [-0.1, -0.05) is 19.9 Å². The van der Waals surface area contributed by atoms with Crippen molar-refractivity contribution in [3.63, 3.8) is 0 Å². The summed E-state index contributed by atoms with van der Waals surface area (Å²) in [6.45, 7) is 7.81. The van der Waals surface area contributed by atoms with Crippen LogP contribution in [-0.4, -0.2) is 37.0 Å². The maximum Gasteiger partial charge on any atom is 0.227 e. The Balaban J connectivity index is 2.20. The highest BCUT2D eigenvalue weighted by molar-refractivity contribution is 5.90. The number of hydrogen-bond donors (Lipinski definition) is 3. The average molecular weight is 319 g/mol. The van der Waals surface area contributed by atoms with Gasteiger partial charge in [0.2, 0.25) is 5.91 Å². The van der Waals surface area contributed by atoms with Gasteiger partial charge in [0.15, 0.2) is 5.96 Å². The number of nitrogens with one attached hydrogen (secondary N) is 3. The molecule has 1 heterocycles. The minimum absolute atomic E-state index is 0.0656. The molecule has 0 saturated carbocycles. The van der Waals surface area contributed by atoms with Crippen LogP contribution in [0.2, 0.25) is 0 Å². The van der Waals surface area contributed by atoms with Gasteiger partial charge in [0.1, 0.15) is 5.82 Å². The predicted molar refractivity (Wildman–Crippen MR) is 95.7 cm³/mol. The van der Waals surface area contributed by atoms with E-state index in [1.54, 1.807) is 19.3 Å². The standard InChI is InChI=1S/C17H29N5O/c1-13(2)6-5-10-19-17(18-4)20-11-9-16(23)22-15-8-7-14(3)12-21-15/h7-8,12-13H,5-6,9-11H2,1-4H3,(H2,18,19,20)(H,21,22,23). The van der Waals surface area contributed by atoms with E-state index in [2.05, 4.69) is 39.8 Å². The molecule has 1 aromatic heterocycles. The summed E-state index contributed by atoms with van der Waals surface area (Å²) >= 11 is 0. The van der Waals surface area contributed by atoms with Crippen LogP contribution in [-0.2, 0) is 4.79 Å². The lowest BCUT2D eigenvalue weighted by Crippen LogP contribution is -2.39. The number of carbonyl (C=O) groups excluding carboxylic acids is 1. The maximum absolute atomic E-state index is 11.9. The minimum Gasteiger partial charge on any atom is -0.356 e. The van der Waals surface area contributed by atoms with Gasteiger partial charge < -0.3 is 16.0 Å². The number of aromatic nitrogens is 1. The third-order valence-electron chi connectivity index (χ3n) is 3.30. The number of pyridine rings is 1. The number of anilines is 1. The molecule has 0 fully saturated rings. The molecule has 0 radical (unpaired) electrons. The third kappa shape index (κ3) is 8.80. The Morgan fingerprint density at radius 3 is 2.61 bits per heavy atom. The maximum atomic E-state index is 11.9. The van der Waals surface area contributed by atoms with Crippen LogP contribution in [0, 0.1) is 12.8 Å². The van der Waals surface area contributed by atoms with Crippen LogP contribution in [0.15, 0.2) is 23.3 Å². The molecule has 0 spiro atoms. The van der Waals surface area contributed by atoms with E-state index >= 15 is 0 Å². The van der Waals surface area contributed by atoms with Crippen molar-refractivity contribution in [2.75, 3.05) is 25.5 Å². The topological polar surface area (TPSA) is 78.4 Å². The zero-order valence-electron chi connectivity index (χ0n) is 14.6. The molecule has 6 heteroatoms. The highest BCUT2D eigenvalue weighted by atomic mass is 16.1. The molecular weight excluding hydrogens is 290 g/mol. The average Bonchev–Trinajstić information content (AvgIpc) is 2.51. The SMILES string of the molecule is CN=C(NCCCC(C)C)NCCC(=O)Nc1ccc(C)cn1. The lowest BCUT2D eigenvalue weighted by molar-refractivity contribution is -0.116. The molecule has 0 aromatic carbocycles. The van der Waals surface area contributed by atoms with Gasteiger partial charge in [0.25, 0.3) is 0 Å². The number of aryl methyl sites for hydroxylation is 1. The van der Waals surface area contributed by atoms with Crippen LogP contribution < -0.4 is 16.0 Å². The largest absolute Gasteiger partial charge is 0.356 e. The van der Waals surface area contributed by atoms with Crippen LogP contribution in [0.1, 0.15) is 38.7 Å². The van der Waals surface area contributed by atoms with Gasteiger partial charge in [-0.3, -0.25) is 9.79 Å². The molecule has 128 valence electrons. The summed E-state index contributed by atoms with van der Waals surface area (Å²) in [6.07, 6.45) is 4.40. The van der Waals surface area contributed by atoms with Gasteiger partial charge in [0.05, 0.1) is 0 Å². The third-order valence-corrected chi connectivity index (χ3v) is 3.30. The number of nitrogens with zero attached hydrogens (tertiary/aromatic N) is 2. The Morgan fingerprint density at radius 1 is 1.26 bits per heavy atom. The van der Waals surface area contributed by atoms with Crippen molar-refractivity contribution in [1.82, 2.24) is 15.6 Å². The first-order chi connectivity index (χ1) is 11.0. The normalized spacial score (nSPS) is 11.4. The van der Waals surface area contributed by atoms with E-state index in [-0.39, 0.29) is 5.91 Å². The molecule has 23 heavy (non-hydrogen) atoms. The Kier molecular flexibility index (Phi) is 8.72. The van der Waals surface area contributed by atoms with Gasteiger partial charge in [-0.2, -0.15) is 0 Å². The van der Waals surface area contributed by atoms with E-state index in [4.69, 9.17) is 0 Å². The first-order valence-electron chi connectivity index (χ1n) is 8.18. The number of hydrogen-bond acceptors (Lipinski definition) is 3. The Morgan fingerprint density at radius 2 is 2.00 bits per heavy atom. The summed E-state index contributed by atoms with van der Waals surface area (Å²) in [6, 6.07) is 3.72. The van der Waals surface area contributed by atoms with Crippen molar-refractivity contribution < 1.29 is 4.79 Å². The Hall–Kier alpha value is -2.11. The van der Waals surface area contributed by atoms with Gasteiger partial charge >= 0.3 is 0 Å². The number of guanidine groups is 1. The summed E-state index contributed by atoms with van der Waals surface area (Å²) in [5, 5.41) is 9.17. The molecule has 0 unspecified atom stereocenters.